The van der Waals surface area contributed by atoms with Crippen molar-refractivity contribution in [3.8, 4) is 5.75 Å². The third kappa shape index (κ3) is 2.88. The Hall–Kier alpha value is -2.30. The summed E-state index contributed by atoms with van der Waals surface area (Å²) in [5, 5.41) is 12.7. The van der Waals surface area contributed by atoms with Crippen LogP contribution >= 0.6 is 0 Å². The molecule has 0 saturated heterocycles. The molecule has 0 atom stereocenters. The smallest absolute Gasteiger partial charge is 0.356 e. The van der Waals surface area contributed by atoms with Gasteiger partial charge in [0.1, 0.15) is 5.75 Å². The first-order valence-electron chi connectivity index (χ1n) is 5.59. The van der Waals surface area contributed by atoms with Gasteiger partial charge in [-0.2, -0.15) is 5.10 Å². The molecule has 0 spiro atoms. The first-order valence-corrected chi connectivity index (χ1v) is 5.59. The standard InChI is InChI=1S/C13H14N2O3/c1-18-11-4-2-10(3-5-11)6-8-15-9-7-12(14-15)13(16)17/h2-5,7,9H,6,8H2,1H3,(H,16,17). The molecule has 2 aromatic rings. The Morgan fingerprint density at radius 1 is 1.33 bits per heavy atom. The maximum absolute atomic E-state index is 10.7. The Bertz CT molecular complexity index is 531. The van der Waals surface area contributed by atoms with Gasteiger partial charge in [-0.15, -0.1) is 0 Å². The number of hydrogen-bond acceptors (Lipinski definition) is 3. The normalized spacial score (nSPS) is 10.3. The summed E-state index contributed by atoms with van der Waals surface area (Å²) in [5.41, 5.74) is 1.23. The van der Waals surface area contributed by atoms with Crippen LogP contribution in [0.2, 0.25) is 0 Å². The molecule has 1 aromatic heterocycles. The molecule has 0 aliphatic carbocycles. The molecular weight excluding hydrogens is 232 g/mol. The van der Waals surface area contributed by atoms with Crippen molar-refractivity contribution in [2.24, 2.45) is 0 Å². The Kier molecular flexibility index (Phi) is 3.62. The predicted molar refractivity (Wildman–Crippen MR) is 65.9 cm³/mol. The quantitative estimate of drug-likeness (QED) is 0.874. The van der Waals surface area contributed by atoms with E-state index in [0.717, 1.165) is 17.7 Å². The lowest BCUT2D eigenvalue weighted by Crippen LogP contribution is -2.04. The minimum atomic E-state index is -1.00. The van der Waals surface area contributed by atoms with Gasteiger partial charge in [0.2, 0.25) is 0 Å². The van der Waals surface area contributed by atoms with Gasteiger partial charge in [-0.1, -0.05) is 12.1 Å². The lowest BCUT2D eigenvalue weighted by molar-refractivity contribution is 0.0689. The molecule has 0 aliphatic rings. The van der Waals surface area contributed by atoms with Crippen molar-refractivity contribution in [3.05, 3.63) is 47.8 Å². The summed E-state index contributed by atoms with van der Waals surface area (Å²) in [4.78, 5) is 10.7. The average molecular weight is 246 g/mol. The number of carboxylic acid groups (broad SMARTS) is 1. The average Bonchev–Trinajstić information content (AvgIpc) is 2.86. The van der Waals surface area contributed by atoms with Gasteiger partial charge in [-0.05, 0) is 30.2 Å². The zero-order valence-corrected chi connectivity index (χ0v) is 10.0. The number of methoxy groups -OCH3 is 1. The van der Waals surface area contributed by atoms with Crippen LogP contribution < -0.4 is 4.74 Å². The third-order valence-corrected chi connectivity index (χ3v) is 2.65. The van der Waals surface area contributed by atoms with Gasteiger partial charge < -0.3 is 9.84 Å². The number of carboxylic acids is 1. The zero-order chi connectivity index (χ0) is 13.0. The number of ether oxygens (including phenoxy) is 1. The first kappa shape index (κ1) is 12.2. The highest BCUT2D eigenvalue weighted by molar-refractivity contribution is 5.84. The van der Waals surface area contributed by atoms with E-state index in [4.69, 9.17) is 9.84 Å². The van der Waals surface area contributed by atoms with Crippen LogP contribution in [0.25, 0.3) is 0 Å². The van der Waals surface area contributed by atoms with Gasteiger partial charge in [0.25, 0.3) is 0 Å². The minimum Gasteiger partial charge on any atom is -0.497 e. The fraction of sp³-hybridized carbons (Fsp3) is 0.231. The van der Waals surface area contributed by atoms with Gasteiger partial charge in [0, 0.05) is 12.7 Å². The molecule has 0 aliphatic heterocycles. The van der Waals surface area contributed by atoms with Crippen LogP contribution in [0, 0.1) is 0 Å². The van der Waals surface area contributed by atoms with Gasteiger partial charge >= 0.3 is 5.97 Å². The van der Waals surface area contributed by atoms with E-state index in [0.29, 0.717) is 6.54 Å². The Morgan fingerprint density at radius 2 is 2.06 bits per heavy atom. The van der Waals surface area contributed by atoms with Crippen molar-refractivity contribution in [3.63, 3.8) is 0 Å². The van der Waals surface area contributed by atoms with E-state index in [1.54, 1.807) is 18.0 Å². The molecule has 2 rings (SSSR count). The van der Waals surface area contributed by atoms with E-state index >= 15 is 0 Å². The number of aromatic nitrogens is 2. The largest absolute Gasteiger partial charge is 0.497 e. The number of rotatable bonds is 5. The first-order chi connectivity index (χ1) is 8.69. The van der Waals surface area contributed by atoms with Gasteiger partial charge in [0.05, 0.1) is 7.11 Å². The van der Waals surface area contributed by atoms with E-state index in [-0.39, 0.29) is 5.69 Å². The zero-order valence-electron chi connectivity index (χ0n) is 10.0. The molecule has 1 heterocycles. The van der Waals surface area contributed by atoms with Crippen molar-refractivity contribution >= 4 is 5.97 Å². The number of hydrogen-bond donors (Lipinski definition) is 1. The van der Waals surface area contributed by atoms with E-state index in [1.807, 2.05) is 24.3 Å². The second-order valence-electron chi connectivity index (χ2n) is 3.87. The molecule has 1 N–H and O–H groups in total. The maximum Gasteiger partial charge on any atom is 0.356 e. The van der Waals surface area contributed by atoms with Crippen LogP contribution in [0.4, 0.5) is 0 Å². The fourth-order valence-electron chi connectivity index (χ4n) is 1.64. The highest BCUT2D eigenvalue weighted by Gasteiger charge is 2.06. The summed E-state index contributed by atoms with van der Waals surface area (Å²) in [6, 6.07) is 9.28. The molecule has 0 unspecified atom stereocenters. The lowest BCUT2D eigenvalue weighted by Gasteiger charge is -2.03. The van der Waals surface area contributed by atoms with Gasteiger partial charge in [0.15, 0.2) is 5.69 Å². The second-order valence-corrected chi connectivity index (χ2v) is 3.87. The summed E-state index contributed by atoms with van der Waals surface area (Å²) >= 11 is 0. The molecule has 5 nitrogen and oxygen atoms in total. The Balaban J connectivity index is 1.95. The van der Waals surface area contributed by atoms with Crippen molar-refractivity contribution in [2.45, 2.75) is 13.0 Å². The summed E-state index contributed by atoms with van der Waals surface area (Å²) in [6.07, 6.45) is 2.47. The fourth-order valence-corrected chi connectivity index (χ4v) is 1.64. The van der Waals surface area contributed by atoms with Crippen LogP contribution in [0.1, 0.15) is 16.1 Å². The highest BCUT2D eigenvalue weighted by Crippen LogP contribution is 2.12. The minimum absolute atomic E-state index is 0.0738. The molecule has 5 heteroatoms. The summed E-state index contributed by atoms with van der Waals surface area (Å²) in [7, 11) is 1.63. The molecule has 0 saturated carbocycles. The Labute approximate surface area is 105 Å². The van der Waals surface area contributed by atoms with Crippen LogP contribution in [-0.2, 0) is 13.0 Å². The second kappa shape index (κ2) is 5.35. The monoisotopic (exact) mass is 246 g/mol. The van der Waals surface area contributed by atoms with Gasteiger partial charge in [-0.3, -0.25) is 4.68 Å². The summed E-state index contributed by atoms with van der Waals surface area (Å²) in [5.74, 6) is -0.177. The number of aromatic carboxylic acids is 1. The number of carbonyl (C=O) groups is 1. The maximum atomic E-state index is 10.7. The number of benzene rings is 1. The SMILES string of the molecule is COc1ccc(CCn2ccc(C(=O)O)n2)cc1. The van der Waals surface area contributed by atoms with Crippen LogP contribution in [0.15, 0.2) is 36.5 Å². The van der Waals surface area contributed by atoms with Crippen molar-refractivity contribution in [2.75, 3.05) is 7.11 Å². The topological polar surface area (TPSA) is 64.3 Å². The molecule has 94 valence electrons. The van der Waals surface area contributed by atoms with Crippen molar-refractivity contribution in [1.82, 2.24) is 9.78 Å². The van der Waals surface area contributed by atoms with Crippen LogP contribution in [0.5, 0.6) is 5.75 Å². The summed E-state index contributed by atoms with van der Waals surface area (Å²) < 4.78 is 6.71. The molecular formula is C13H14N2O3. The van der Waals surface area contributed by atoms with Gasteiger partial charge in [-0.25, -0.2) is 4.79 Å². The van der Waals surface area contributed by atoms with Crippen LogP contribution in [-0.4, -0.2) is 28.0 Å². The van der Waals surface area contributed by atoms with E-state index in [2.05, 4.69) is 5.10 Å². The lowest BCUT2D eigenvalue weighted by atomic mass is 10.1. The number of aryl methyl sites for hydroxylation is 2. The molecule has 0 fully saturated rings. The molecule has 18 heavy (non-hydrogen) atoms. The van der Waals surface area contributed by atoms with E-state index < -0.39 is 5.97 Å². The third-order valence-electron chi connectivity index (χ3n) is 2.65. The Morgan fingerprint density at radius 3 is 2.61 bits per heavy atom. The molecule has 0 amide bonds. The molecule has 1 aromatic carbocycles. The van der Waals surface area contributed by atoms with Crippen molar-refractivity contribution < 1.29 is 14.6 Å². The molecule has 0 bridgehead atoms. The number of nitrogens with zero attached hydrogens (tertiary/aromatic N) is 2. The van der Waals surface area contributed by atoms with Crippen LogP contribution in [0.3, 0.4) is 0 Å². The van der Waals surface area contributed by atoms with E-state index in [1.165, 1.54) is 6.07 Å². The van der Waals surface area contributed by atoms with E-state index in [9.17, 15) is 4.79 Å². The molecule has 0 radical (unpaired) electrons. The highest BCUT2D eigenvalue weighted by atomic mass is 16.5. The van der Waals surface area contributed by atoms with Crippen molar-refractivity contribution in [1.29, 1.82) is 0 Å². The predicted octanol–water partition coefficient (Wildman–Crippen LogP) is 1.83. The summed E-state index contributed by atoms with van der Waals surface area (Å²) in [6.45, 7) is 0.652.